The van der Waals surface area contributed by atoms with Gasteiger partial charge in [0, 0.05) is 5.56 Å². The summed E-state index contributed by atoms with van der Waals surface area (Å²) in [5, 5.41) is 0. The second-order valence-corrected chi connectivity index (χ2v) is 7.01. The lowest BCUT2D eigenvalue weighted by Crippen LogP contribution is -2.47. The van der Waals surface area contributed by atoms with Crippen molar-refractivity contribution in [1.82, 2.24) is 0 Å². The van der Waals surface area contributed by atoms with E-state index in [4.69, 9.17) is 0 Å². The van der Waals surface area contributed by atoms with Gasteiger partial charge < -0.3 is 18.9 Å². The Labute approximate surface area is 213 Å². The van der Waals surface area contributed by atoms with Gasteiger partial charge in [0.1, 0.15) is 0 Å². The van der Waals surface area contributed by atoms with Crippen LogP contribution in [0.4, 0.5) is 65.9 Å². The number of carbonyl (C=O) groups is 4. The number of ether oxygens (including phenoxy) is 4. The number of rotatable bonds is 8. The lowest BCUT2D eigenvalue weighted by atomic mass is 10.1. The highest BCUT2D eigenvalue weighted by Gasteiger charge is 2.67. The monoisotopic (exact) mass is 636 g/mol. The first-order chi connectivity index (χ1) is 18.1. The van der Waals surface area contributed by atoms with Crippen LogP contribution in [0.15, 0.2) is 18.2 Å². The van der Waals surface area contributed by atoms with Gasteiger partial charge in [-0.3, -0.25) is 0 Å². The zero-order valence-corrected chi connectivity index (χ0v) is 18.7. The summed E-state index contributed by atoms with van der Waals surface area (Å²) in [4.78, 5) is 45.9. The lowest BCUT2D eigenvalue weighted by Gasteiger charge is -2.23. The molecule has 1 rings (SSSR count). The van der Waals surface area contributed by atoms with Crippen molar-refractivity contribution in [2.24, 2.45) is 0 Å². The van der Waals surface area contributed by atoms with Crippen LogP contribution in [-0.4, -0.2) is 67.3 Å². The summed E-state index contributed by atoms with van der Waals surface area (Å²) in [5.74, 6) is -36.4. The third-order valence-corrected chi connectivity index (χ3v) is 4.15. The Balaban J connectivity index is 3.73. The first-order valence-corrected chi connectivity index (χ1v) is 9.34. The molecule has 0 radical (unpaired) electrons. The predicted octanol–water partition coefficient (Wildman–Crippen LogP) is 4.85. The second-order valence-electron chi connectivity index (χ2n) is 7.01. The maximum Gasteiger partial charge on any atom is 0.465 e. The first kappa shape index (κ1) is 35.1. The van der Waals surface area contributed by atoms with Crippen LogP contribution in [0.3, 0.4) is 0 Å². The van der Waals surface area contributed by atoms with Crippen molar-refractivity contribution in [3.05, 3.63) is 23.8 Å². The van der Waals surface area contributed by atoms with Crippen LogP contribution in [0.25, 0.3) is 0 Å². The van der Waals surface area contributed by atoms with E-state index in [1.807, 2.05) is 0 Å². The van der Waals surface area contributed by atoms with E-state index in [-0.39, 0.29) is 18.2 Å². The minimum absolute atomic E-state index is 0.0220. The molecule has 0 heterocycles. The van der Waals surface area contributed by atoms with Gasteiger partial charge in [0.2, 0.25) is 6.10 Å². The van der Waals surface area contributed by atoms with Crippen LogP contribution in [0.2, 0.25) is 0 Å². The van der Waals surface area contributed by atoms with Crippen LogP contribution in [0, 0.1) is 0 Å². The van der Waals surface area contributed by atoms with E-state index in [1.165, 1.54) is 0 Å². The number of esters is 4. The molecule has 0 fully saturated rings. The Morgan fingerprint density at radius 2 is 0.951 bits per heavy atom. The highest BCUT2D eigenvalue weighted by Crippen LogP contribution is 2.42. The Hall–Kier alpha value is -3.95. The van der Waals surface area contributed by atoms with Gasteiger partial charge in [-0.05, 0) is 12.1 Å². The number of hydrogen-bond acceptors (Lipinski definition) is 8. The molecule has 1 atom stereocenters. The fourth-order valence-corrected chi connectivity index (χ4v) is 2.07. The number of halogens is 15. The van der Waals surface area contributed by atoms with Gasteiger partial charge >= 0.3 is 60.2 Å². The van der Waals surface area contributed by atoms with Gasteiger partial charge in [-0.25, -0.2) is 19.2 Å². The molecule has 0 spiro atoms. The van der Waals surface area contributed by atoms with E-state index in [2.05, 4.69) is 18.9 Å². The van der Waals surface area contributed by atoms with Crippen LogP contribution in [-0.2, 0) is 28.7 Å². The van der Waals surface area contributed by atoms with Crippen molar-refractivity contribution in [3.8, 4) is 11.5 Å². The molecule has 0 aromatic heterocycles. The highest BCUT2D eigenvalue weighted by atomic mass is 19.4. The van der Waals surface area contributed by atoms with Gasteiger partial charge in [0.05, 0.1) is 7.11 Å². The molecule has 0 bridgehead atoms. The van der Waals surface area contributed by atoms with Crippen molar-refractivity contribution >= 4 is 23.9 Å². The largest absolute Gasteiger partial charge is 0.466 e. The summed E-state index contributed by atoms with van der Waals surface area (Å²) in [7, 11) is 0.366. The average molecular weight is 636 g/mol. The Kier molecular flexibility index (Phi) is 9.53. The number of hydrogen-bond donors (Lipinski definition) is 0. The molecule has 1 aromatic rings. The van der Waals surface area contributed by atoms with Gasteiger partial charge in [-0.2, -0.15) is 65.9 Å². The van der Waals surface area contributed by atoms with E-state index in [0.29, 0.717) is 7.11 Å². The van der Waals surface area contributed by atoms with Crippen LogP contribution >= 0.6 is 0 Å². The quantitative estimate of drug-likeness (QED) is 0.227. The first-order valence-electron chi connectivity index (χ1n) is 9.34. The molecule has 0 aliphatic rings. The van der Waals surface area contributed by atoms with Crippen LogP contribution in [0.5, 0.6) is 11.5 Å². The van der Waals surface area contributed by atoms with Crippen molar-refractivity contribution in [1.29, 1.82) is 0 Å². The summed E-state index contributed by atoms with van der Waals surface area (Å²) < 4.78 is 206. The maximum atomic E-state index is 13.3. The fourth-order valence-electron chi connectivity index (χ4n) is 2.07. The molecule has 1 aromatic carbocycles. The molecule has 8 nitrogen and oxygen atoms in total. The molecule has 23 heteroatoms. The summed E-state index contributed by atoms with van der Waals surface area (Å²) in [6.07, 6.45) is -23.3. The molecule has 232 valence electrons. The molecule has 0 N–H and O–H groups in total. The minimum atomic E-state index is -6.75. The number of benzene rings is 1. The predicted molar refractivity (Wildman–Crippen MR) is 91.6 cm³/mol. The fraction of sp³-hybridized carbons (Fsp3) is 0.444. The Bertz CT molecular complexity index is 1180. The van der Waals surface area contributed by atoms with E-state index in [1.54, 1.807) is 0 Å². The topological polar surface area (TPSA) is 105 Å². The summed E-state index contributed by atoms with van der Waals surface area (Å²) in [6.45, 7) is 0. The highest BCUT2D eigenvalue weighted by molar-refractivity contribution is 5.86. The molecule has 0 aliphatic heterocycles. The van der Waals surface area contributed by atoms with Gasteiger partial charge in [0.25, 0.3) is 0 Å². The van der Waals surface area contributed by atoms with E-state index < -0.39 is 83.3 Å². The van der Waals surface area contributed by atoms with Crippen molar-refractivity contribution in [2.75, 3.05) is 7.11 Å². The van der Waals surface area contributed by atoms with E-state index >= 15 is 0 Å². The zero-order valence-electron chi connectivity index (χ0n) is 18.7. The van der Waals surface area contributed by atoms with Crippen molar-refractivity contribution < 1.29 is 104 Å². The molecule has 0 aliphatic carbocycles. The SMILES string of the molecule is COC(=O)C(OC(=O)C(F)(F)C(F)(F)F)c1ccc(OC(=O)C(F)(F)C(F)(F)F)c(OC(=O)C(F)(F)C(F)(F)F)c1. The summed E-state index contributed by atoms with van der Waals surface area (Å²) in [6, 6.07) is -0.562. The Morgan fingerprint density at radius 1 is 0.585 bits per heavy atom. The van der Waals surface area contributed by atoms with Gasteiger partial charge in [-0.1, -0.05) is 6.07 Å². The van der Waals surface area contributed by atoms with Crippen LogP contribution in [0.1, 0.15) is 11.7 Å². The molecule has 0 saturated heterocycles. The Morgan fingerprint density at radius 3 is 1.32 bits per heavy atom. The second kappa shape index (κ2) is 11.1. The summed E-state index contributed by atoms with van der Waals surface area (Å²) in [5.41, 5.74) is -1.44. The summed E-state index contributed by atoms with van der Waals surface area (Å²) >= 11 is 0. The van der Waals surface area contributed by atoms with E-state index in [9.17, 15) is 85.0 Å². The smallest absolute Gasteiger partial charge is 0.465 e. The van der Waals surface area contributed by atoms with E-state index in [0.717, 1.165) is 0 Å². The molecule has 0 saturated carbocycles. The normalized spacial score (nSPS) is 14.1. The number of methoxy groups -OCH3 is 1. The van der Waals surface area contributed by atoms with Crippen molar-refractivity contribution in [2.45, 2.75) is 42.4 Å². The van der Waals surface area contributed by atoms with Gasteiger partial charge in [0.15, 0.2) is 11.5 Å². The third kappa shape index (κ3) is 7.23. The maximum absolute atomic E-state index is 13.3. The number of carbonyl (C=O) groups excluding carboxylic acids is 4. The number of alkyl halides is 15. The minimum Gasteiger partial charge on any atom is -0.466 e. The molecule has 1 unspecified atom stereocenters. The average Bonchev–Trinajstić information content (AvgIpc) is 2.80. The standard InChI is InChI=1S/C18H7F15O8/c1-38-9(34)8(41-12(37)15(23,24)18(31,32)33)5-2-3-6(39-10(35)13(19,20)16(25,26)27)7(4-5)40-11(36)14(21,22)17(28,29)30/h2-4,8H,1H3. The molecular formula is C18H7F15O8. The van der Waals surface area contributed by atoms with Crippen molar-refractivity contribution in [3.63, 3.8) is 0 Å². The molecule has 41 heavy (non-hydrogen) atoms. The van der Waals surface area contributed by atoms with Gasteiger partial charge in [-0.15, -0.1) is 0 Å². The third-order valence-electron chi connectivity index (χ3n) is 4.15. The van der Waals surface area contributed by atoms with Crippen LogP contribution < -0.4 is 9.47 Å². The molecular weight excluding hydrogens is 629 g/mol. The molecule has 0 amide bonds. The lowest BCUT2D eigenvalue weighted by molar-refractivity contribution is -0.282. The zero-order chi connectivity index (χ0) is 32.6.